The minimum absolute atomic E-state index is 0.0700. The molecule has 5 nitrogen and oxygen atoms in total. The number of aliphatic hydroxyl groups is 1. The predicted octanol–water partition coefficient (Wildman–Crippen LogP) is 0.639. The maximum Gasteiger partial charge on any atom is 0.248 e. The molecule has 1 unspecified atom stereocenters. The Hall–Kier alpha value is -1.27. The second-order valence-electron chi connectivity index (χ2n) is 3.19. The Bertz CT molecular complexity index is 321. The summed E-state index contributed by atoms with van der Waals surface area (Å²) < 4.78 is 0. The maximum absolute atomic E-state index is 11.3. The Morgan fingerprint density at radius 3 is 3.06 bits per heavy atom. The highest BCUT2D eigenvalue weighted by Gasteiger charge is 2.05. The first kappa shape index (κ1) is 12.8. The molecule has 0 saturated heterocycles. The SMILES string of the molecule is CC(CO)SCC(=O)NNc1ccccn1. The van der Waals surface area contributed by atoms with Crippen molar-refractivity contribution in [2.75, 3.05) is 17.8 Å². The van der Waals surface area contributed by atoms with Gasteiger partial charge in [0.05, 0.1) is 12.4 Å². The van der Waals surface area contributed by atoms with Gasteiger partial charge in [-0.2, -0.15) is 0 Å². The molecule has 0 radical (unpaired) electrons. The highest BCUT2D eigenvalue weighted by atomic mass is 32.2. The minimum Gasteiger partial charge on any atom is -0.395 e. The van der Waals surface area contributed by atoms with Gasteiger partial charge in [0.25, 0.3) is 0 Å². The van der Waals surface area contributed by atoms with E-state index in [1.807, 2.05) is 13.0 Å². The lowest BCUT2D eigenvalue weighted by molar-refractivity contribution is -0.118. The van der Waals surface area contributed by atoms with Gasteiger partial charge in [-0.1, -0.05) is 13.0 Å². The van der Waals surface area contributed by atoms with E-state index in [0.29, 0.717) is 11.6 Å². The molecule has 1 heterocycles. The number of aliphatic hydroxyl groups excluding tert-OH is 1. The number of nitrogens with zero attached hydrogens (tertiary/aromatic N) is 1. The molecule has 0 aliphatic carbocycles. The number of thioether (sulfide) groups is 1. The second kappa shape index (κ2) is 7.08. The highest BCUT2D eigenvalue weighted by Crippen LogP contribution is 2.08. The van der Waals surface area contributed by atoms with E-state index in [1.54, 1.807) is 18.3 Å². The minimum atomic E-state index is -0.143. The molecule has 0 aromatic carbocycles. The van der Waals surface area contributed by atoms with Gasteiger partial charge in [0.2, 0.25) is 5.91 Å². The third kappa shape index (κ3) is 4.99. The summed E-state index contributed by atoms with van der Waals surface area (Å²) >= 11 is 1.40. The summed E-state index contributed by atoms with van der Waals surface area (Å²) in [6, 6.07) is 5.37. The van der Waals surface area contributed by atoms with Crippen molar-refractivity contribution in [2.24, 2.45) is 0 Å². The van der Waals surface area contributed by atoms with E-state index in [4.69, 9.17) is 5.11 Å². The molecular formula is C10H15N3O2S. The Morgan fingerprint density at radius 1 is 1.62 bits per heavy atom. The van der Waals surface area contributed by atoms with E-state index in [9.17, 15) is 4.79 Å². The van der Waals surface area contributed by atoms with Gasteiger partial charge in [-0.15, -0.1) is 11.8 Å². The van der Waals surface area contributed by atoms with Crippen LogP contribution in [0.25, 0.3) is 0 Å². The lowest BCUT2D eigenvalue weighted by Crippen LogP contribution is -2.31. The van der Waals surface area contributed by atoms with Gasteiger partial charge in [-0.25, -0.2) is 4.98 Å². The van der Waals surface area contributed by atoms with Crippen LogP contribution in [0.2, 0.25) is 0 Å². The molecule has 0 bridgehead atoms. The molecule has 3 N–H and O–H groups in total. The van der Waals surface area contributed by atoms with E-state index in [1.165, 1.54) is 11.8 Å². The quantitative estimate of drug-likeness (QED) is 0.637. The van der Waals surface area contributed by atoms with Gasteiger partial charge in [-0.05, 0) is 12.1 Å². The van der Waals surface area contributed by atoms with E-state index in [2.05, 4.69) is 15.8 Å². The highest BCUT2D eigenvalue weighted by molar-refractivity contribution is 8.00. The van der Waals surface area contributed by atoms with Gasteiger partial charge in [0, 0.05) is 11.4 Å². The molecule has 1 atom stereocenters. The first-order valence-electron chi connectivity index (χ1n) is 4.90. The van der Waals surface area contributed by atoms with Crippen molar-refractivity contribution in [1.29, 1.82) is 0 Å². The van der Waals surface area contributed by atoms with E-state index in [-0.39, 0.29) is 17.8 Å². The molecule has 0 spiro atoms. The summed E-state index contributed by atoms with van der Waals surface area (Å²) in [5, 5.41) is 8.85. The van der Waals surface area contributed by atoms with Crippen LogP contribution in [0, 0.1) is 0 Å². The summed E-state index contributed by atoms with van der Waals surface area (Å²) in [7, 11) is 0. The monoisotopic (exact) mass is 241 g/mol. The number of rotatable bonds is 6. The van der Waals surface area contributed by atoms with Gasteiger partial charge < -0.3 is 5.11 Å². The van der Waals surface area contributed by atoms with Crippen LogP contribution in [0.15, 0.2) is 24.4 Å². The fraction of sp³-hybridized carbons (Fsp3) is 0.400. The predicted molar refractivity (Wildman–Crippen MR) is 65.0 cm³/mol. The van der Waals surface area contributed by atoms with Crippen LogP contribution in [-0.2, 0) is 4.79 Å². The summed E-state index contributed by atoms with van der Waals surface area (Å²) in [5.41, 5.74) is 5.22. The fourth-order valence-electron chi connectivity index (χ4n) is 0.877. The first-order chi connectivity index (χ1) is 7.72. The third-order valence-corrected chi connectivity index (χ3v) is 2.90. The standard InChI is InChI=1S/C10H15N3O2S/c1-8(6-14)16-7-10(15)13-12-9-4-2-3-5-11-9/h2-5,8,14H,6-7H2,1H3,(H,11,12)(H,13,15). The molecule has 1 amide bonds. The Morgan fingerprint density at radius 2 is 2.44 bits per heavy atom. The zero-order chi connectivity index (χ0) is 11.8. The van der Waals surface area contributed by atoms with Gasteiger partial charge in [0.1, 0.15) is 5.82 Å². The molecule has 1 aromatic heterocycles. The summed E-state index contributed by atoms with van der Waals surface area (Å²) in [6.45, 7) is 1.94. The molecular weight excluding hydrogens is 226 g/mol. The van der Waals surface area contributed by atoms with E-state index in [0.717, 1.165) is 0 Å². The number of carbonyl (C=O) groups excluding carboxylic acids is 1. The number of pyridine rings is 1. The van der Waals surface area contributed by atoms with Crippen LogP contribution in [0.3, 0.4) is 0 Å². The molecule has 1 aromatic rings. The van der Waals surface area contributed by atoms with Crippen molar-refractivity contribution in [3.8, 4) is 0 Å². The second-order valence-corrected chi connectivity index (χ2v) is 4.62. The van der Waals surface area contributed by atoms with Crippen LogP contribution in [0.5, 0.6) is 0 Å². The Kier molecular flexibility index (Phi) is 5.66. The van der Waals surface area contributed by atoms with Gasteiger partial charge in [-0.3, -0.25) is 15.6 Å². The molecule has 0 fully saturated rings. The van der Waals surface area contributed by atoms with Gasteiger partial charge in [0.15, 0.2) is 0 Å². The molecule has 1 rings (SSSR count). The molecule has 6 heteroatoms. The average Bonchev–Trinajstić information content (AvgIpc) is 2.34. The number of amides is 1. The van der Waals surface area contributed by atoms with Crippen molar-refractivity contribution >= 4 is 23.5 Å². The Labute approximate surface area is 98.6 Å². The van der Waals surface area contributed by atoms with E-state index >= 15 is 0 Å². The molecule has 88 valence electrons. The lowest BCUT2D eigenvalue weighted by Gasteiger charge is -2.09. The smallest absolute Gasteiger partial charge is 0.248 e. The maximum atomic E-state index is 11.3. The molecule has 0 aliphatic rings. The van der Waals surface area contributed by atoms with Crippen molar-refractivity contribution in [3.05, 3.63) is 24.4 Å². The summed E-state index contributed by atoms with van der Waals surface area (Å²) in [5.74, 6) is 0.758. The van der Waals surface area contributed by atoms with E-state index < -0.39 is 0 Å². The number of hydrogen-bond acceptors (Lipinski definition) is 5. The van der Waals surface area contributed by atoms with Crippen LogP contribution in [0.4, 0.5) is 5.82 Å². The van der Waals surface area contributed by atoms with Gasteiger partial charge >= 0.3 is 0 Å². The Balaban J connectivity index is 2.20. The molecule has 16 heavy (non-hydrogen) atoms. The molecule has 0 aliphatic heterocycles. The van der Waals surface area contributed by atoms with Crippen molar-refractivity contribution in [3.63, 3.8) is 0 Å². The first-order valence-corrected chi connectivity index (χ1v) is 5.95. The largest absolute Gasteiger partial charge is 0.395 e. The average molecular weight is 241 g/mol. The van der Waals surface area contributed by atoms with Crippen LogP contribution < -0.4 is 10.9 Å². The van der Waals surface area contributed by atoms with Crippen LogP contribution in [-0.4, -0.2) is 33.6 Å². The number of aromatic nitrogens is 1. The number of carbonyl (C=O) groups is 1. The number of hydrogen-bond donors (Lipinski definition) is 3. The molecule has 0 saturated carbocycles. The van der Waals surface area contributed by atoms with Crippen LogP contribution in [0.1, 0.15) is 6.92 Å². The lowest BCUT2D eigenvalue weighted by atomic mass is 10.5. The number of hydrazine groups is 1. The van der Waals surface area contributed by atoms with Crippen molar-refractivity contribution < 1.29 is 9.90 Å². The zero-order valence-electron chi connectivity index (χ0n) is 9.01. The van der Waals surface area contributed by atoms with Crippen molar-refractivity contribution in [2.45, 2.75) is 12.2 Å². The summed E-state index contributed by atoms with van der Waals surface area (Å²) in [4.78, 5) is 15.3. The number of anilines is 1. The number of nitrogens with one attached hydrogen (secondary N) is 2. The zero-order valence-corrected chi connectivity index (χ0v) is 9.83. The fourth-order valence-corrected chi connectivity index (χ4v) is 1.49. The normalized spacial score (nSPS) is 11.9. The summed E-state index contributed by atoms with van der Waals surface area (Å²) in [6.07, 6.45) is 1.64. The third-order valence-electron chi connectivity index (χ3n) is 1.75. The topological polar surface area (TPSA) is 74.2 Å². The van der Waals surface area contributed by atoms with Crippen molar-refractivity contribution in [1.82, 2.24) is 10.4 Å². The van der Waals surface area contributed by atoms with Crippen LogP contribution >= 0.6 is 11.8 Å².